The van der Waals surface area contributed by atoms with Gasteiger partial charge in [-0.2, -0.15) is 0 Å². The molecule has 0 saturated heterocycles. The molecule has 0 radical (unpaired) electrons. The van der Waals surface area contributed by atoms with Crippen molar-refractivity contribution in [1.82, 2.24) is 5.32 Å². The van der Waals surface area contributed by atoms with E-state index in [1.54, 1.807) is 24.3 Å². The van der Waals surface area contributed by atoms with Gasteiger partial charge in [0.05, 0.1) is 17.7 Å². The average Bonchev–Trinajstić information content (AvgIpc) is 3.07. The van der Waals surface area contributed by atoms with Crippen molar-refractivity contribution in [1.29, 1.82) is 0 Å². The molecule has 0 aliphatic carbocycles. The molecule has 6 nitrogen and oxygen atoms in total. The number of hydrogen-bond acceptors (Lipinski definition) is 5. The molecule has 0 saturated carbocycles. The molecule has 1 aromatic heterocycles. The van der Waals surface area contributed by atoms with E-state index in [0.29, 0.717) is 15.8 Å². The number of ether oxygens (including phenoxy) is 2. The van der Waals surface area contributed by atoms with Crippen LogP contribution in [0.3, 0.4) is 0 Å². The third-order valence-electron chi connectivity index (χ3n) is 2.86. The quantitative estimate of drug-likeness (QED) is 0.568. The fourth-order valence-corrected chi connectivity index (χ4v) is 2.21. The van der Waals surface area contributed by atoms with E-state index in [0.717, 1.165) is 0 Å². The van der Waals surface area contributed by atoms with E-state index in [1.165, 1.54) is 12.3 Å². The van der Waals surface area contributed by atoms with Gasteiger partial charge in [0.25, 0.3) is 5.91 Å². The number of hydrogen-bond donors (Lipinski definition) is 1. The van der Waals surface area contributed by atoms with Crippen LogP contribution in [0.2, 0.25) is 10.0 Å². The molecule has 24 heavy (non-hydrogen) atoms. The normalized spacial score (nSPS) is 10.2. The maximum Gasteiger partial charge on any atom is 0.307 e. The standard InChI is InChI=1S/C16H15Cl2NO5/c17-11-3-4-13(12(18)10-11)23-8-9-24-15(20)5-6-19-16(21)14-2-1-7-22-14/h1-4,7,10H,5-6,8-9H2,(H,19,21). The lowest BCUT2D eigenvalue weighted by atomic mass is 10.3. The Morgan fingerprint density at radius 1 is 1.17 bits per heavy atom. The summed E-state index contributed by atoms with van der Waals surface area (Å²) in [5.74, 6) is -0.173. The number of amides is 1. The summed E-state index contributed by atoms with van der Waals surface area (Å²) in [5, 5.41) is 3.44. The van der Waals surface area contributed by atoms with Crippen LogP contribution in [0.1, 0.15) is 17.0 Å². The van der Waals surface area contributed by atoms with Gasteiger partial charge in [-0.3, -0.25) is 9.59 Å². The van der Waals surface area contributed by atoms with Gasteiger partial charge in [0, 0.05) is 11.6 Å². The SMILES string of the molecule is O=C(CCNC(=O)c1ccco1)OCCOc1ccc(Cl)cc1Cl. The predicted molar refractivity (Wildman–Crippen MR) is 88.6 cm³/mol. The van der Waals surface area contributed by atoms with Gasteiger partial charge >= 0.3 is 5.97 Å². The summed E-state index contributed by atoms with van der Waals surface area (Å²) in [4.78, 5) is 23.1. The van der Waals surface area contributed by atoms with E-state index in [9.17, 15) is 9.59 Å². The molecule has 0 unspecified atom stereocenters. The number of furan rings is 1. The highest BCUT2D eigenvalue weighted by Gasteiger charge is 2.09. The highest BCUT2D eigenvalue weighted by Crippen LogP contribution is 2.27. The Bertz CT molecular complexity index is 688. The number of halogens is 2. The minimum Gasteiger partial charge on any atom is -0.488 e. The van der Waals surface area contributed by atoms with Crippen molar-refractivity contribution in [3.05, 3.63) is 52.4 Å². The zero-order valence-electron chi connectivity index (χ0n) is 12.6. The highest BCUT2D eigenvalue weighted by atomic mass is 35.5. The number of rotatable bonds is 8. The molecule has 2 aromatic rings. The van der Waals surface area contributed by atoms with Gasteiger partial charge in [-0.25, -0.2) is 0 Å². The Hall–Kier alpha value is -2.18. The molecule has 1 heterocycles. The third kappa shape index (κ3) is 5.79. The van der Waals surface area contributed by atoms with Crippen LogP contribution < -0.4 is 10.1 Å². The largest absolute Gasteiger partial charge is 0.488 e. The maximum absolute atomic E-state index is 11.6. The Kier molecular flexibility index (Phi) is 6.96. The highest BCUT2D eigenvalue weighted by molar-refractivity contribution is 6.35. The minimum atomic E-state index is -0.444. The number of carbonyl (C=O) groups excluding carboxylic acids is 2. The first-order chi connectivity index (χ1) is 11.6. The third-order valence-corrected chi connectivity index (χ3v) is 3.39. The maximum atomic E-state index is 11.6. The van der Waals surface area contributed by atoms with Crippen molar-refractivity contribution in [3.63, 3.8) is 0 Å². The summed E-state index contributed by atoms with van der Waals surface area (Å²) in [7, 11) is 0. The first-order valence-electron chi connectivity index (χ1n) is 7.11. The van der Waals surface area contributed by atoms with Crippen LogP contribution in [0.4, 0.5) is 0 Å². The zero-order chi connectivity index (χ0) is 17.4. The Morgan fingerprint density at radius 2 is 2.00 bits per heavy atom. The van der Waals surface area contributed by atoms with Crippen LogP contribution in [0.15, 0.2) is 41.0 Å². The van der Waals surface area contributed by atoms with E-state index in [4.69, 9.17) is 37.1 Å². The lowest BCUT2D eigenvalue weighted by Gasteiger charge is -2.09. The van der Waals surface area contributed by atoms with Crippen LogP contribution in [0, 0.1) is 0 Å². The van der Waals surface area contributed by atoms with Crippen molar-refractivity contribution in [2.24, 2.45) is 0 Å². The molecule has 1 amide bonds. The molecule has 0 bridgehead atoms. The number of nitrogens with one attached hydrogen (secondary N) is 1. The van der Waals surface area contributed by atoms with E-state index in [-0.39, 0.29) is 37.8 Å². The van der Waals surface area contributed by atoms with Crippen molar-refractivity contribution >= 4 is 35.1 Å². The Balaban J connectivity index is 1.59. The molecule has 0 aliphatic rings. The van der Waals surface area contributed by atoms with Gasteiger partial charge in [0.1, 0.15) is 19.0 Å². The molecule has 128 valence electrons. The summed E-state index contributed by atoms with van der Waals surface area (Å²) in [5.41, 5.74) is 0. The van der Waals surface area contributed by atoms with Crippen molar-refractivity contribution in [2.75, 3.05) is 19.8 Å². The summed E-state index contributed by atoms with van der Waals surface area (Å²) >= 11 is 11.7. The second-order valence-corrected chi connectivity index (χ2v) is 5.47. The number of benzene rings is 1. The van der Waals surface area contributed by atoms with E-state index in [2.05, 4.69) is 5.32 Å². The van der Waals surface area contributed by atoms with Gasteiger partial charge in [0.2, 0.25) is 0 Å². The van der Waals surface area contributed by atoms with Crippen LogP contribution in [-0.2, 0) is 9.53 Å². The molecule has 2 rings (SSSR count). The lowest BCUT2D eigenvalue weighted by Crippen LogP contribution is -2.26. The second kappa shape index (κ2) is 9.20. The fourth-order valence-electron chi connectivity index (χ4n) is 1.74. The van der Waals surface area contributed by atoms with Gasteiger partial charge in [-0.15, -0.1) is 0 Å². The lowest BCUT2D eigenvalue weighted by molar-refractivity contribution is -0.144. The Morgan fingerprint density at radius 3 is 2.71 bits per heavy atom. The summed E-state index contributed by atoms with van der Waals surface area (Å²) in [6.45, 7) is 0.387. The fraction of sp³-hybridized carbons (Fsp3) is 0.250. The van der Waals surface area contributed by atoms with Crippen LogP contribution >= 0.6 is 23.2 Å². The molecular weight excluding hydrogens is 357 g/mol. The summed E-state index contributed by atoms with van der Waals surface area (Å²) in [6, 6.07) is 7.99. The molecule has 0 atom stereocenters. The smallest absolute Gasteiger partial charge is 0.307 e. The van der Waals surface area contributed by atoms with Gasteiger partial charge < -0.3 is 19.2 Å². The molecule has 1 aromatic carbocycles. The monoisotopic (exact) mass is 371 g/mol. The van der Waals surface area contributed by atoms with E-state index >= 15 is 0 Å². The van der Waals surface area contributed by atoms with Gasteiger partial charge in [-0.05, 0) is 30.3 Å². The van der Waals surface area contributed by atoms with Crippen LogP contribution in [-0.4, -0.2) is 31.6 Å². The van der Waals surface area contributed by atoms with Crippen molar-refractivity contribution in [2.45, 2.75) is 6.42 Å². The first-order valence-corrected chi connectivity index (χ1v) is 7.87. The van der Waals surface area contributed by atoms with Gasteiger partial charge in [-0.1, -0.05) is 23.2 Å². The van der Waals surface area contributed by atoms with E-state index in [1.807, 2.05) is 0 Å². The number of carbonyl (C=O) groups is 2. The van der Waals surface area contributed by atoms with Crippen LogP contribution in [0.5, 0.6) is 5.75 Å². The van der Waals surface area contributed by atoms with Crippen molar-refractivity contribution in [3.8, 4) is 5.75 Å². The predicted octanol–water partition coefficient (Wildman–Crippen LogP) is 3.33. The molecule has 0 aliphatic heterocycles. The topological polar surface area (TPSA) is 77.8 Å². The van der Waals surface area contributed by atoms with Gasteiger partial charge in [0.15, 0.2) is 5.76 Å². The van der Waals surface area contributed by atoms with Crippen LogP contribution in [0.25, 0.3) is 0 Å². The van der Waals surface area contributed by atoms with E-state index < -0.39 is 5.97 Å². The Labute approximate surface area is 148 Å². The zero-order valence-corrected chi connectivity index (χ0v) is 14.1. The summed E-state index contributed by atoms with van der Waals surface area (Å²) in [6.07, 6.45) is 1.45. The molecule has 0 spiro atoms. The first kappa shape index (κ1) is 18.2. The van der Waals surface area contributed by atoms with Crippen molar-refractivity contribution < 1.29 is 23.5 Å². The average molecular weight is 372 g/mol. The molecule has 1 N–H and O–H groups in total. The second-order valence-electron chi connectivity index (χ2n) is 4.63. The number of esters is 1. The summed E-state index contributed by atoms with van der Waals surface area (Å²) < 4.78 is 15.3. The minimum absolute atomic E-state index is 0.0498. The molecule has 8 heteroatoms. The molecular formula is C16H15Cl2NO5. The molecule has 0 fully saturated rings.